The average molecular weight is 247 g/mol. The van der Waals surface area contributed by atoms with Gasteiger partial charge in [-0.25, -0.2) is 0 Å². The van der Waals surface area contributed by atoms with E-state index in [2.05, 4.69) is 37.3 Å². The Morgan fingerprint density at radius 2 is 2.00 bits per heavy atom. The van der Waals surface area contributed by atoms with E-state index < -0.39 is 0 Å². The lowest BCUT2D eigenvalue weighted by Crippen LogP contribution is -2.21. The summed E-state index contributed by atoms with van der Waals surface area (Å²) in [6.45, 7) is 9.78. The van der Waals surface area contributed by atoms with Gasteiger partial charge in [0.25, 0.3) is 0 Å². The highest BCUT2D eigenvalue weighted by Gasteiger charge is 2.06. The first-order chi connectivity index (χ1) is 8.54. The van der Waals surface area contributed by atoms with Crippen LogP contribution in [0, 0.1) is 13.8 Å². The van der Waals surface area contributed by atoms with Crippen molar-refractivity contribution < 1.29 is 4.42 Å². The first-order valence-electron chi connectivity index (χ1n) is 6.36. The Balaban J connectivity index is 2.00. The van der Waals surface area contributed by atoms with Crippen molar-refractivity contribution in [2.75, 3.05) is 0 Å². The van der Waals surface area contributed by atoms with Crippen LogP contribution in [-0.4, -0.2) is 15.8 Å². The summed E-state index contributed by atoms with van der Waals surface area (Å²) in [5.41, 5.74) is 2.20. The second-order valence-corrected chi connectivity index (χ2v) is 4.99. The number of furan rings is 1. The normalized spacial score (nSPS) is 11.4. The second-order valence-electron chi connectivity index (χ2n) is 4.99. The third-order valence-electron chi connectivity index (χ3n) is 2.81. The van der Waals surface area contributed by atoms with E-state index in [-0.39, 0.29) is 0 Å². The lowest BCUT2D eigenvalue weighted by atomic mass is 10.3. The molecule has 0 aromatic carbocycles. The predicted octanol–water partition coefficient (Wildman–Crippen LogP) is 2.64. The van der Waals surface area contributed by atoms with E-state index in [0.29, 0.717) is 12.6 Å². The van der Waals surface area contributed by atoms with Gasteiger partial charge < -0.3 is 9.73 Å². The van der Waals surface area contributed by atoms with E-state index in [0.717, 1.165) is 29.5 Å². The number of nitrogens with zero attached hydrogens (tertiary/aromatic N) is 2. The zero-order valence-corrected chi connectivity index (χ0v) is 11.5. The van der Waals surface area contributed by atoms with Crippen LogP contribution in [0.5, 0.6) is 0 Å². The van der Waals surface area contributed by atoms with E-state index in [4.69, 9.17) is 4.42 Å². The lowest BCUT2D eigenvalue weighted by molar-refractivity contribution is 0.419. The predicted molar refractivity (Wildman–Crippen MR) is 71.5 cm³/mol. The SMILES string of the molecule is Cc1cc(C)n(Cc2ccc(CNC(C)C)o2)n1. The van der Waals surface area contributed by atoms with Crippen molar-refractivity contribution >= 4 is 0 Å². The van der Waals surface area contributed by atoms with Gasteiger partial charge in [0.1, 0.15) is 11.5 Å². The first kappa shape index (κ1) is 12.9. The molecule has 2 rings (SSSR count). The Bertz CT molecular complexity index is 511. The molecule has 0 radical (unpaired) electrons. The Labute approximate surface area is 108 Å². The van der Waals surface area contributed by atoms with Gasteiger partial charge >= 0.3 is 0 Å². The molecule has 0 fully saturated rings. The summed E-state index contributed by atoms with van der Waals surface area (Å²) in [5.74, 6) is 1.92. The number of aromatic nitrogens is 2. The molecule has 1 N–H and O–H groups in total. The standard InChI is InChI=1S/C14H21N3O/c1-10(2)15-8-13-5-6-14(18-13)9-17-12(4)7-11(3)16-17/h5-7,10,15H,8-9H2,1-4H3. The second kappa shape index (κ2) is 5.40. The minimum atomic E-state index is 0.467. The third-order valence-corrected chi connectivity index (χ3v) is 2.81. The zero-order valence-electron chi connectivity index (χ0n) is 11.5. The molecule has 0 bridgehead atoms. The van der Waals surface area contributed by atoms with Crippen LogP contribution in [-0.2, 0) is 13.1 Å². The van der Waals surface area contributed by atoms with Crippen LogP contribution >= 0.6 is 0 Å². The van der Waals surface area contributed by atoms with Crippen LogP contribution in [0.1, 0.15) is 36.8 Å². The Kier molecular flexibility index (Phi) is 3.87. The van der Waals surface area contributed by atoms with Gasteiger partial charge in [-0.2, -0.15) is 5.10 Å². The summed E-state index contributed by atoms with van der Waals surface area (Å²) in [6, 6.07) is 6.59. The van der Waals surface area contributed by atoms with Gasteiger partial charge in [-0.05, 0) is 32.0 Å². The highest BCUT2D eigenvalue weighted by Crippen LogP contribution is 2.11. The van der Waals surface area contributed by atoms with E-state index in [1.165, 1.54) is 0 Å². The number of aryl methyl sites for hydroxylation is 2. The van der Waals surface area contributed by atoms with Gasteiger partial charge in [-0.3, -0.25) is 4.68 Å². The number of hydrogen-bond donors (Lipinski definition) is 1. The minimum absolute atomic E-state index is 0.467. The fourth-order valence-corrected chi connectivity index (χ4v) is 1.89. The van der Waals surface area contributed by atoms with Crippen LogP contribution in [0.3, 0.4) is 0 Å². The molecule has 2 aromatic heterocycles. The highest BCUT2D eigenvalue weighted by molar-refractivity contribution is 5.11. The molecule has 4 heteroatoms. The van der Waals surface area contributed by atoms with Crippen molar-refractivity contribution in [1.82, 2.24) is 15.1 Å². The number of rotatable bonds is 5. The van der Waals surface area contributed by atoms with Crippen molar-refractivity contribution in [1.29, 1.82) is 0 Å². The van der Waals surface area contributed by atoms with Crippen molar-refractivity contribution in [2.24, 2.45) is 0 Å². The minimum Gasteiger partial charge on any atom is -0.463 e. The molecule has 0 unspecified atom stereocenters. The Morgan fingerprint density at radius 3 is 2.61 bits per heavy atom. The van der Waals surface area contributed by atoms with Gasteiger partial charge in [-0.1, -0.05) is 13.8 Å². The monoisotopic (exact) mass is 247 g/mol. The molecule has 0 aliphatic rings. The molecule has 2 heterocycles. The Morgan fingerprint density at radius 1 is 1.28 bits per heavy atom. The van der Waals surface area contributed by atoms with E-state index in [1.807, 2.05) is 23.7 Å². The summed E-state index contributed by atoms with van der Waals surface area (Å²) in [6.07, 6.45) is 0. The molecule has 0 aliphatic carbocycles. The molecular weight excluding hydrogens is 226 g/mol. The maximum atomic E-state index is 5.78. The van der Waals surface area contributed by atoms with Crippen LogP contribution in [0.15, 0.2) is 22.6 Å². The van der Waals surface area contributed by atoms with Crippen molar-refractivity contribution in [3.63, 3.8) is 0 Å². The quantitative estimate of drug-likeness (QED) is 0.883. The topological polar surface area (TPSA) is 43.0 Å². The molecule has 0 aliphatic heterocycles. The molecule has 0 saturated heterocycles. The molecule has 2 aromatic rings. The van der Waals surface area contributed by atoms with Gasteiger partial charge in [-0.15, -0.1) is 0 Å². The molecule has 0 atom stereocenters. The smallest absolute Gasteiger partial charge is 0.125 e. The van der Waals surface area contributed by atoms with Gasteiger partial charge in [0, 0.05) is 11.7 Å². The fourth-order valence-electron chi connectivity index (χ4n) is 1.89. The Hall–Kier alpha value is -1.55. The maximum Gasteiger partial charge on any atom is 0.125 e. The molecule has 0 spiro atoms. The van der Waals surface area contributed by atoms with Crippen LogP contribution in [0.25, 0.3) is 0 Å². The van der Waals surface area contributed by atoms with Crippen LogP contribution in [0.4, 0.5) is 0 Å². The molecule has 0 amide bonds. The summed E-state index contributed by atoms with van der Waals surface area (Å²) in [5, 5.41) is 7.77. The maximum absolute atomic E-state index is 5.78. The van der Waals surface area contributed by atoms with Crippen molar-refractivity contribution in [2.45, 2.75) is 46.8 Å². The fraction of sp³-hybridized carbons (Fsp3) is 0.500. The zero-order chi connectivity index (χ0) is 13.1. The van der Waals surface area contributed by atoms with E-state index in [1.54, 1.807) is 0 Å². The average Bonchev–Trinajstić information content (AvgIpc) is 2.84. The molecule has 0 saturated carbocycles. The number of hydrogen-bond acceptors (Lipinski definition) is 3. The summed E-state index contributed by atoms with van der Waals surface area (Å²) < 4.78 is 7.74. The summed E-state index contributed by atoms with van der Waals surface area (Å²) in [4.78, 5) is 0. The summed E-state index contributed by atoms with van der Waals surface area (Å²) >= 11 is 0. The van der Waals surface area contributed by atoms with Crippen molar-refractivity contribution in [3.8, 4) is 0 Å². The van der Waals surface area contributed by atoms with E-state index >= 15 is 0 Å². The highest BCUT2D eigenvalue weighted by atomic mass is 16.3. The van der Waals surface area contributed by atoms with Crippen molar-refractivity contribution in [3.05, 3.63) is 41.1 Å². The van der Waals surface area contributed by atoms with Gasteiger partial charge in [0.15, 0.2) is 0 Å². The first-order valence-corrected chi connectivity index (χ1v) is 6.36. The lowest BCUT2D eigenvalue weighted by Gasteiger charge is -2.05. The molecule has 4 nitrogen and oxygen atoms in total. The summed E-state index contributed by atoms with van der Waals surface area (Å²) in [7, 11) is 0. The van der Waals surface area contributed by atoms with E-state index in [9.17, 15) is 0 Å². The number of nitrogens with one attached hydrogen (secondary N) is 1. The largest absolute Gasteiger partial charge is 0.463 e. The molecule has 98 valence electrons. The van der Waals surface area contributed by atoms with Crippen LogP contribution in [0.2, 0.25) is 0 Å². The van der Waals surface area contributed by atoms with Gasteiger partial charge in [0.2, 0.25) is 0 Å². The third kappa shape index (κ3) is 3.23. The molecular formula is C14H21N3O. The van der Waals surface area contributed by atoms with Crippen LogP contribution < -0.4 is 5.32 Å². The van der Waals surface area contributed by atoms with Gasteiger partial charge in [0.05, 0.1) is 18.8 Å². The molecule has 18 heavy (non-hydrogen) atoms.